The number of fused-ring (bicyclic) bond motifs is 1. The molecule has 0 radical (unpaired) electrons. The SMILES string of the molecule is CNc1nc(N2CCC(OCCO)CC2)c2cn[nH]c2n1. The summed E-state index contributed by atoms with van der Waals surface area (Å²) < 4.78 is 5.59. The monoisotopic (exact) mass is 292 g/mol. The highest BCUT2D eigenvalue weighted by atomic mass is 16.5. The largest absolute Gasteiger partial charge is 0.394 e. The normalized spacial score (nSPS) is 16.6. The van der Waals surface area contributed by atoms with Gasteiger partial charge < -0.3 is 20.1 Å². The lowest BCUT2D eigenvalue weighted by Crippen LogP contribution is -2.38. The van der Waals surface area contributed by atoms with Crippen LogP contribution in [0.15, 0.2) is 6.20 Å². The molecule has 0 aliphatic carbocycles. The van der Waals surface area contributed by atoms with Crippen LogP contribution in [-0.2, 0) is 4.74 Å². The van der Waals surface area contributed by atoms with Crippen molar-refractivity contribution in [1.82, 2.24) is 20.2 Å². The van der Waals surface area contributed by atoms with Crippen molar-refractivity contribution in [3.63, 3.8) is 0 Å². The van der Waals surface area contributed by atoms with Gasteiger partial charge >= 0.3 is 0 Å². The second kappa shape index (κ2) is 6.23. The number of aromatic nitrogens is 4. The Labute approximate surface area is 122 Å². The molecule has 0 bridgehead atoms. The first-order valence-electron chi connectivity index (χ1n) is 7.18. The zero-order chi connectivity index (χ0) is 14.7. The first-order chi connectivity index (χ1) is 10.3. The predicted molar refractivity (Wildman–Crippen MR) is 79.5 cm³/mol. The van der Waals surface area contributed by atoms with Gasteiger partial charge in [0, 0.05) is 20.1 Å². The lowest BCUT2D eigenvalue weighted by molar-refractivity contribution is 0.0158. The maximum atomic E-state index is 8.81. The lowest BCUT2D eigenvalue weighted by Gasteiger charge is -2.32. The fraction of sp³-hybridized carbons (Fsp3) is 0.615. The number of aromatic amines is 1. The Balaban J connectivity index is 1.77. The molecule has 3 heterocycles. The number of H-pyrrole nitrogens is 1. The molecule has 8 heteroatoms. The molecule has 114 valence electrons. The van der Waals surface area contributed by atoms with Crippen molar-refractivity contribution in [2.45, 2.75) is 18.9 Å². The number of hydrogen-bond acceptors (Lipinski definition) is 7. The van der Waals surface area contributed by atoms with Gasteiger partial charge in [0.05, 0.1) is 30.9 Å². The van der Waals surface area contributed by atoms with Crippen molar-refractivity contribution >= 4 is 22.8 Å². The minimum atomic E-state index is 0.0767. The van der Waals surface area contributed by atoms with Gasteiger partial charge in [0.25, 0.3) is 0 Å². The standard InChI is InChI=1S/C13H20N6O2/c1-14-13-16-11-10(8-15-18-11)12(17-13)19-4-2-9(3-5-19)21-7-6-20/h8-9,20H,2-7H2,1H3,(H2,14,15,16,17,18). The van der Waals surface area contributed by atoms with Crippen LogP contribution in [0.3, 0.4) is 0 Å². The van der Waals surface area contributed by atoms with Crippen molar-refractivity contribution in [2.24, 2.45) is 0 Å². The summed E-state index contributed by atoms with van der Waals surface area (Å²) in [6.07, 6.45) is 3.84. The highest BCUT2D eigenvalue weighted by Gasteiger charge is 2.23. The molecule has 0 saturated carbocycles. The number of hydrogen-bond donors (Lipinski definition) is 3. The maximum absolute atomic E-state index is 8.81. The molecule has 3 N–H and O–H groups in total. The number of nitrogens with zero attached hydrogens (tertiary/aromatic N) is 4. The minimum Gasteiger partial charge on any atom is -0.394 e. The van der Waals surface area contributed by atoms with Crippen LogP contribution in [0.1, 0.15) is 12.8 Å². The van der Waals surface area contributed by atoms with Crippen LogP contribution in [0.4, 0.5) is 11.8 Å². The van der Waals surface area contributed by atoms with E-state index in [1.165, 1.54) is 0 Å². The number of anilines is 2. The van der Waals surface area contributed by atoms with Gasteiger partial charge in [-0.15, -0.1) is 0 Å². The van der Waals surface area contributed by atoms with Crippen LogP contribution >= 0.6 is 0 Å². The average molecular weight is 292 g/mol. The molecule has 1 saturated heterocycles. The van der Waals surface area contributed by atoms with Crippen LogP contribution in [0, 0.1) is 0 Å². The molecule has 3 rings (SSSR count). The number of rotatable bonds is 5. The summed E-state index contributed by atoms with van der Waals surface area (Å²) in [6, 6.07) is 0. The van der Waals surface area contributed by atoms with Crippen molar-refractivity contribution < 1.29 is 9.84 Å². The summed E-state index contributed by atoms with van der Waals surface area (Å²) in [5.41, 5.74) is 0.739. The number of aliphatic hydroxyl groups is 1. The zero-order valence-corrected chi connectivity index (χ0v) is 12.0. The van der Waals surface area contributed by atoms with Crippen LogP contribution in [0.25, 0.3) is 11.0 Å². The summed E-state index contributed by atoms with van der Waals surface area (Å²) >= 11 is 0. The van der Waals surface area contributed by atoms with E-state index in [-0.39, 0.29) is 12.7 Å². The Bertz CT molecular complexity index is 593. The molecule has 1 aliphatic heterocycles. The summed E-state index contributed by atoms with van der Waals surface area (Å²) in [5, 5.41) is 19.7. The van der Waals surface area contributed by atoms with Gasteiger partial charge in [0.2, 0.25) is 5.95 Å². The Hall–Kier alpha value is -1.93. The van der Waals surface area contributed by atoms with E-state index in [0.29, 0.717) is 12.6 Å². The van der Waals surface area contributed by atoms with Gasteiger partial charge in [-0.05, 0) is 12.8 Å². The molecule has 1 aliphatic rings. The van der Waals surface area contributed by atoms with Crippen molar-refractivity contribution in [1.29, 1.82) is 0 Å². The van der Waals surface area contributed by atoms with Gasteiger partial charge in [-0.25, -0.2) is 0 Å². The summed E-state index contributed by atoms with van der Waals surface area (Å²) in [5.74, 6) is 1.49. The number of ether oxygens (including phenoxy) is 1. The first-order valence-corrected chi connectivity index (χ1v) is 7.18. The predicted octanol–water partition coefficient (Wildman–Crippen LogP) is 0.372. The Morgan fingerprint density at radius 3 is 2.95 bits per heavy atom. The minimum absolute atomic E-state index is 0.0767. The molecule has 0 aromatic carbocycles. The lowest BCUT2D eigenvalue weighted by atomic mass is 10.1. The van der Waals surface area contributed by atoms with Crippen molar-refractivity contribution in [3.05, 3.63) is 6.20 Å². The van der Waals surface area contributed by atoms with E-state index >= 15 is 0 Å². The van der Waals surface area contributed by atoms with Gasteiger partial charge in [-0.2, -0.15) is 15.1 Å². The topological polar surface area (TPSA) is 99.2 Å². The third kappa shape index (κ3) is 2.91. The van der Waals surface area contributed by atoms with E-state index in [1.807, 2.05) is 0 Å². The second-order valence-corrected chi connectivity index (χ2v) is 5.03. The van der Waals surface area contributed by atoms with E-state index in [9.17, 15) is 0 Å². The van der Waals surface area contributed by atoms with Crippen LogP contribution in [0.2, 0.25) is 0 Å². The smallest absolute Gasteiger partial charge is 0.226 e. The van der Waals surface area contributed by atoms with Gasteiger partial charge in [-0.1, -0.05) is 0 Å². The second-order valence-electron chi connectivity index (χ2n) is 5.03. The van der Waals surface area contributed by atoms with Gasteiger partial charge in [-0.3, -0.25) is 5.10 Å². The zero-order valence-electron chi connectivity index (χ0n) is 12.0. The highest BCUT2D eigenvalue weighted by Crippen LogP contribution is 2.27. The summed E-state index contributed by atoms with van der Waals surface area (Å²) in [7, 11) is 1.80. The molecule has 0 amide bonds. The third-order valence-electron chi connectivity index (χ3n) is 3.70. The molecule has 8 nitrogen and oxygen atoms in total. The molecule has 2 aromatic rings. The Kier molecular flexibility index (Phi) is 4.16. The quantitative estimate of drug-likeness (QED) is 0.732. The Morgan fingerprint density at radius 2 is 2.24 bits per heavy atom. The molecule has 0 atom stereocenters. The third-order valence-corrected chi connectivity index (χ3v) is 3.70. The molecule has 21 heavy (non-hydrogen) atoms. The van der Waals surface area contributed by atoms with E-state index < -0.39 is 0 Å². The molecular formula is C13H20N6O2. The van der Waals surface area contributed by atoms with E-state index in [0.717, 1.165) is 42.8 Å². The highest BCUT2D eigenvalue weighted by molar-refractivity contribution is 5.87. The van der Waals surface area contributed by atoms with Crippen molar-refractivity contribution in [2.75, 3.05) is 43.6 Å². The summed E-state index contributed by atoms with van der Waals surface area (Å²) in [4.78, 5) is 11.1. The first kappa shape index (κ1) is 14.0. The summed E-state index contributed by atoms with van der Waals surface area (Å²) in [6.45, 7) is 2.23. The van der Waals surface area contributed by atoms with E-state index in [2.05, 4.69) is 30.4 Å². The molecule has 1 fully saturated rings. The van der Waals surface area contributed by atoms with Gasteiger partial charge in [0.15, 0.2) is 5.65 Å². The molecule has 0 spiro atoms. The number of nitrogens with one attached hydrogen (secondary N) is 2. The van der Waals surface area contributed by atoms with Crippen molar-refractivity contribution in [3.8, 4) is 0 Å². The molecule has 2 aromatic heterocycles. The fourth-order valence-corrected chi connectivity index (χ4v) is 2.63. The Morgan fingerprint density at radius 1 is 1.43 bits per heavy atom. The van der Waals surface area contributed by atoms with Crippen LogP contribution < -0.4 is 10.2 Å². The van der Waals surface area contributed by atoms with E-state index in [1.54, 1.807) is 13.2 Å². The fourth-order valence-electron chi connectivity index (χ4n) is 2.63. The number of piperidine rings is 1. The molecule has 0 unspecified atom stereocenters. The molecular weight excluding hydrogens is 272 g/mol. The average Bonchev–Trinajstić information content (AvgIpc) is 3.01. The van der Waals surface area contributed by atoms with E-state index in [4.69, 9.17) is 9.84 Å². The number of aliphatic hydroxyl groups excluding tert-OH is 1. The maximum Gasteiger partial charge on any atom is 0.226 e. The van der Waals surface area contributed by atoms with Gasteiger partial charge in [0.1, 0.15) is 5.82 Å². The van der Waals surface area contributed by atoms with Crippen LogP contribution in [0.5, 0.6) is 0 Å². The van der Waals surface area contributed by atoms with Crippen LogP contribution in [-0.4, -0.2) is 64.7 Å².